The molecule has 0 aromatic heterocycles. The lowest BCUT2D eigenvalue weighted by atomic mass is 10.3. The molecule has 0 aliphatic rings. The average molecular weight is 511 g/mol. The lowest BCUT2D eigenvalue weighted by Gasteiger charge is -2.19. The second-order valence-corrected chi connectivity index (χ2v) is 6.23. The Morgan fingerprint density at radius 3 is 2.48 bits per heavy atom. The summed E-state index contributed by atoms with van der Waals surface area (Å²) in [6.07, 6.45) is 0.320. The number of para-hydroxylation sites is 1. The van der Waals surface area contributed by atoms with E-state index >= 15 is 0 Å². The summed E-state index contributed by atoms with van der Waals surface area (Å²) in [6.45, 7) is 11.2. The molecule has 0 aliphatic heterocycles. The number of hydrogen-bond acceptors (Lipinski definition) is 3. The van der Waals surface area contributed by atoms with Gasteiger partial charge < -0.3 is 20.3 Å². The van der Waals surface area contributed by atoms with E-state index in [2.05, 4.69) is 15.6 Å². The Bertz CT molecular complexity index is 583. The number of nitrogens with one attached hydrogen (secondary N) is 2. The molecule has 0 heterocycles. The Kier molecular flexibility index (Phi) is 14.1. The normalized spacial score (nSPS) is 12.0. The number of ether oxygens (including phenoxy) is 1. The molecule has 27 heavy (non-hydrogen) atoms. The van der Waals surface area contributed by atoms with Gasteiger partial charge in [-0.15, -0.1) is 24.0 Å². The van der Waals surface area contributed by atoms with Gasteiger partial charge in [0.2, 0.25) is 5.91 Å². The number of carbonyl (C=O) groups excluding carboxylic acids is 1. The number of halogens is 2. The summed E-state index contributed by atoms with van der Waals surface area (Å²) in [5.74, 6) is 1.47. The Balaban J connectivity index is 0.00000676. The van der Waals surface area contributed by atoms with E-state index in [1.54, 1.807) is 6.07 Å². The summed E-state index contributed by atoms with van der Waals surface area (Å²) < 4.78 is 5.82. The lowest BCUT2D eigenvalue weighted by molar-refractivity contribution is -0.130. The third-order valence-corrected chi connectivity index (χ3v) is 4.08. The van der Waals surface area contributed by atoms with E-state index in [-0.39, 0.29) is 36.0 Å². The number of benzene rings is 1. The van der Waals surface area contributed by atoms with E-state index in [0.717, 1.165) is 19.6 Å². The van der Waals surface area contributed by atoms with Gasteiger partial charge in [0.25, 0.3) is 0 Å². The molecule has 1 amide bonds. The molecule has 1 rings (SSSR count). The van der Waals surface area contributed by atoms with E-state index in [0.29, 0.717) is 36.2 Å². The Morgan fingerprint density at radius 2 is 1.89 bits per heavy atom. The average Bonchev–Trinajstić information content (AvgIpc) is 2.62. The van der Waals surface area contributed by atoms with Crippen LogP contribution in [0.1, 0.15) is 34.1 Å². The highest BCUT2D eigenvalue weighted by molar-refractivity contribution is 14.0. The van der Waals surface area contributed by atoms with Crippen LogP contribution in [0.5, 0.6) is 5.75 Å². The summed E-state index contributed by atoms with van der Waals surface area (Å²) in [6, 6.07) is 7.39. The van der Waals surface area contributed by atoms with Gasteiger partial charge >= 0.3 is 0 Å². The minimum Gasteiger partial charge on any atom is -0.487 e. The van der Waals surface area contributed by atoms with Crippen LogP contribution in [0.15, 0.2) is 29.3 Å². The van der Waals surface area contributed by atoms with E-state index < -0.39 is 0 Å². The number of carbonyl (C=O) groups is 1. The zero-order chi connectivity index (χ0) is 19.4. The van der Waals surface area contributed by atoms with Crippen LogP contribution in [-0.4, -0.2) is 55.6 Å². The third kappa shape index (κ3) is 10.0. The minimum atomic E-state index is -0.123. The van der Waals surface area contributed by atoms with Gasteiger partial charge in [0.1, 0.15) is 11.9 Å². The number of hydrogen-bond donors (Lipinski definition) is 2. The van der Waals surface area contributed by atoms with E-state index in [1.165, 1.54) is 0 Å². The van der Waals surface area contributed by atoms with Crippen molar-refractivity contribution in [2.24, 2.45) is 4.99 Å². The number of amides is 1. The molecule has 1 aromatic rings. The zero-order valence-corrected chi connectivity index (χ0v) is 19.7. The number of guanidine groups is 1. The van der Waals surface area contributed by atoms with Crippen molar-refractivity contribution in [3.05, 3.63) is 29.3 Å². The van der Waals surface area contributed by atoms with Crippen molar-refractivity contribution in [1.82, 2.24) is 15.5 Å². The highest BCUT2D eigenvalue weighted by Crippen LogP contribution is 2.24. The fourth-order valence-electron chi connectivity index (χ4n) is 2.38. The minimum absolute atomic E-state index is 0. The van der Waals surface area contributed by atoms with Crippen LogP contribution in [0.2, 0.25) is 5.02 Å². The second kappa shape index (κ2) is 14.8. The molecule has 0 aliphatic carbocycles. The fraction of sp³-hybridized carbons (Fsp3) is 0.579. The molecule has 0 spiro atoms. The molecule has 1 unspecified atom stereocenters. The Hall–Kier alpha value is -1.22. The number of rotatable bonds is 10. The first-order chi connectivity index (χ1) is 12.5. The number of nitrogens with zero attached hydrogens (tertiary/aromatic N) is 2. The van der Waals surface area contributed by atoms with Crippen LogP contribution in [0.25, 0.3) is 0 Å². The van der Waals surface area contributed by atoms with Gasteiger partial charge in [-0.2, -0.15) is 0 Å². The highest BCUT2D eigenvalue weighted by Gasteiger charge is 2.10. The Labute approximate surface area is 185 Å². The van der Waals surface area contributed by atoms with E-state index in [4.69, 9.17) is 16.3 Å². The summed E-state index contributed by atoms with van der Waals surface area (Å²) in [5.41, 5.74) is 0. The van der Waals surface area contributed by atoms with E-state index in [1.807, 2.05) is 50.8 Å². The number of aliphatic imine (C=N–C) groups is 1. The summed E-state index contributed by atoms with van der Waals surface area (Å²) in [4.78, 5) is 18.4. The predicted octanol–water partition coefficient (Wildman–Crippen LogP) is 3.54. The maximum absolute atomic E-state index is 12.0. The monoisotopic (exact) mass is 510 g/mol. The molecule has 0 bridgehead atoms. The maximum Gasteiger partial charge on any atom is 0.224 e. The molecular formula is C19H32ClIN4O2. The van der Waals surface area contributed by atoms with Gasteiger partial charge in [-0.05, 0) is 39.8 Å². The van der Waals surface area contributed by atoms with Crippen LogP contribution < -0.4 is 15.4 Å². The molecule has 2 N–H and O–H groups in total. The standard InChI is InChI=1S/C19H31ClN4O2.HI/c1-5-21-19(22-13-12-18(25)24(6-2)7-3)23-14-15(4)26-17-11-9-8-10-16(17)20;/h8-11,15H,5-7,12-14H2,1-4H3,(H2,21,22,23);1H. The van der Waals surface area contributed by atoms with Crippen molar-refractivity contribution >= 4 is 47.4 Å². The zero-order valence-electron chi connectivity index (χ0n) is 16.6. The molecule has 6 nitrogen and oxygen atoms in total. The van der Waals surface area contributed by atoms with Crippen molar-refractivity contribution < 1.29 is 9.53 Å². The molecule has 1 aromatic carbocycles. The van der Waals surface area contributed by atoms with Gasteiger partial charge in [-0.1, -0.05) is 23.7 Å². The highest BCUT2D eigenvalue weighted by atomic mass is 127. The smallest absolute Gasteiger partial charge is 0.224 e. The summed E-state index contributed by atoms with van der Waals surface area (Å²) in [7, 11) is 0. The van der Waals surface area contributed by atoms with Crippen molar-refractivity contribution in [2.75, 3.05) is 32.7 Å². The second-order valence-electron chi connectivity index (χ2n) is 5.82. The van der Waals surface area contributed by atoms with Crippen LogP contribution >= 0.6 is 35.6 Å². The van der Waals surface area contributed by atoms with Crippen LogP contribution in [0, 0.1) is 0 Å². The summed E-state index contributed by atoms with van der Waals surface area (Å²) >= 11 is 6.11. The maximum atomic E-state index is 12.0. The molecular weight excluding hydrogens is 479 g/mol. The lowest BCUT2D eigenvalue weighted by Crippen LogP contribution is -2.40. The molecule has 0 fully saturated rings. The molecule has 1 atom stereocenters. The van der Waals surface area contributed by atoms with Gasteiger partial charge in [-0.25, -0.2) is 4.99 Å². The van der Waals surface area contributed by atoms with Crippen LogP contribution in [0.3, 0.4) is 0 Å². The predicted molar refractivity (Wildman–Crippen MR) is 123 cm³/mol. The van der Waals surface area contributed by atoms with Crippen LogP contribution in [0.4, 0.5) is 0 Å². The molecule has 8 heteroatoms. The SMILES string of the molecule is CCNC(=NCC(C)Oc1ccccc1Cl)NCCC(=O)N(CC)CC.I. The van der Waals surface area contributed by atoms with Crippen LogP contribution in [-0.2, 0) is 4.79 Å². The molecule has 0 saturated carbocycles. The van der Waals surface area contributed by atoms with Gasteiger partial charge in [0, 0.05) is 32.6 Å². The molecule has 0 radical (unpaired) electrons. The van der Waals surface area contributed by atoms with Crippen molar-refractivity contribution in [1.29, 1.82) is 0 Å². The first-order valence-electron chi connectivity index (χ1n) is 9.22. The van der Waals surface area contributed by atoms with E-state index in [9.17, 15) is 4.79 Å². The topological polar surface area (TPSA) is 66.0 Å². The van der Waals surface area contributed by atoms with Crippen molar-refractivity contribution in [2.45, 2.75) is 40.2 Å². The van der Waals surface area contributed by atoms with Gasteiger partial charge in [-0.3, -0.25) is 4.79 Å². The third-order valence-electron chi connectivity index (χ3n) is 3.76. The molecule has 154 valence electrons. The van der Waals surface area contributed by atoms with Gasteiger partial charge in [0.05, 0.1) is 11.6 Å². The summed E-state index contributed by atoms with van der Waals surface area (Å²) in [5, 5.41) is 6.96. The first kappa shape index (κ1) is 25.8. The van der Waals surface area contributed by atoms with Crippen molar-refractivity contribution in [3.63, 3.8) is 0 Å². The fourth-order valence-corrected chi connectivity index (χ4v) is 2.56. The van der Waals surface area contributed by atoms with Crippen molar-refractivity contribution in [3.8, 4) is 5.75 Å². The van der Waals surface area contributed by atoms with Gasteiger partial charge in [0.15, 0.2) is 5.96 Å². The molecule has 0 saturated heterocycles. The largest absolute Gasteiger partial charge is 0.487 e. The Morgan fingerprint density at radius 1 is 1.22 bits per heavy atom. The first-order valence-corrected chi connectivity index (χ1v) is 9.60. The quantitative estimate of drug-likeness (QED) is 0.287.